The van der Waals surface area contributed by atoms with E-state index in [-0.39, 0.29) is 5.91 Å². The van der Waals surface area contributed by atoms with Crippen LogP contribution in [0.5, 0.6) is 5.75 Å². The molecule has 9 heteroatoms. The van der Waals surface area contributed by atoms with Gasteiger partial charge in [-0.3, -0.25) is 9.36 Å². The van der Waals surface area contributed by atoms with Gasteiger partial charge in [-0.15, -0.1) is 10.2 Å². The van der Waals surface area contributed by atoms with Crippen LogP contribution < -0.4 is 4.74 Å². The normalized spacial score (nSPS) is 15.8. The summed E-state index contributed by atoms with van der Waals surface area (Å²) in [4.78, 5) is 19.4. The molecule has 0 aliphatic carbocycles. The van der Waals surface area contributed by atoms with Crippen molar-refractivity contribution < 1.29 is 14.1 Å². The Morgan fingerprint density at radius 1 is 1.14 bits per heavy atom. The van der Waals surface area contributed by atoms with E-state index < -0.39 is 0 Å². The highest BCUT2D eigenvalue weighted by atomic mass is 16.5. The van der Waals surface area contributed by atoms with Crippen molar-refractivity contribution in [1.82, 2.24) is 29.8 Å². The maximum absolute atomic E-state index is 13.0. The molecule has 1 unspecified atom stereocenters. The van der Waals surface area contributed by atoms with Crippen molar-refractivity contribution in [2.24, 2.45) is 5.92 Å². The Morgan fingerprint density at radius 2 is 1.97 bits per heavy atom. The lowest BCUT2D eigenvalue weighted by molar-refractivity contribution is -0.133. The molecular formula is C26H28N6O3. The van der Waals surface area contributed by atoms with Gasteiger partial charge < -0.3 is 14.2 Å². The quantitative estimate of drug-likeness (QED) is 0.385. The van der Waals surface area contributed by atoms with Gasteiger partial charge >= 0.3 is 0 Å². The monoisotopic (exact) mass is 472 g/mol. The summed E-state index contributed by atoms with van der Waals surface area (Å²) >= 11 is 0. The van der Waals surface area contributed by atoms with Crippen LogP contribution in [0.4, 0.5) is 0 Å². The number of likely N-dealkylation sites (tertiary alicyclic amines) is 1. The Kier molecular flexibility index (Phi) is 6.83. The molecule has 0 spiro atoms. The zero-order chi connectivity index (χ0) is 24.0. The van der Waals surface area contributed by atoms with Gasteiger partial charge in [0.25, 0.3) is 0 Å². The number of amides is 1. The van der Waals surface area contributed by atoms with Gasteiger partial charge in [-0.2, -0.15) is 4.98 Å². The largest absolute Gasteiger partial charge is 0.496 e. The molecule has 0 N–H and O–H groups in total. The summed E-state index contributed by atoms with van der Waals surface area (Å²) in [6.07, 6.45) is 5.32. The van der Waals surface area contributed by atoms with Crippen LogP contribution in [0, 0.1) is 5.92 Å². The maximum Gasteiger partial charge on any atom is 0.227 e. The summed E-state index contributed by atoms with van der Waals surface area (Å²) < 4.78 is 12.8. The number of benzene rings is 2. The van der Waals surface area contributed by atoms with Crippen molar-refractivity contribution >= 4 is 5.91 Å². The fraction of sp³-hybridized carbons (Fsp3) is 0.346. The van der Waals surface area contributed by atoms with E-state index in [2.05, 4.69) is 20.3 Å². The third-order valence-electron chi connectivity index (χ3n) is 6.36. The topological polar surface area (TPSA) is 99.2 Å². The first-order valence-corrected chi connectivity index (χ1v) is 11.9. The molecule has 1 atom stereocenters. The predicted molar refractivity (Wildman–Crippen MR) is 129 cm³/mol. The number of hydrogen-bond acceptors (Lipinski definition) is 7. The van der Waals surface area contributed by atoms with Crippen LogP contribution in [-0.2, 0) is 17.6 Å². The number of nitrogens with zero attached hydrogens (tertiary/aromatic N) is 6. The molecule has 180 valence electrons. The lowest BCUT2D eigenvalue weighted by Crippen LogP contribution is -2.40. The van der Waals surface area contributed by atoms with E-state index in [1.165, 1.54) is 0 Å². The molecule has 1 amide bonds. The second-order valence-corrected chi connectivity index (χ2v) is 8.72. The number of ether oxygens (including phenoxy) is 1. The summed E-state index contributed by atoms with van der Waals surface area (Å²) in [5.41, 5.74) is 1.81. The minimum Gasteiger partial charge on any atom is -0.496 e. The van der Waals surface area contributed by atoms with Gasteiger partial charge in [-0.05, 0) is 43.0 Å². The second kappa shape index (κ2) is 10.5. The molecule has 0 saturated carbocycles. The lowest BCUT2D eigenvalue weighted by Gasteiger charge is -2.32. The van der Waals surface area contributed by atoms with Crippen LogP contribution in [-0.4, -0.2) is 55.9 Å². The van der Waals surface area contributed by atoms with Crippen LogP contribution in [0.1, 0.15) is 31.0 Å². The number of aryl methyl sites for hydroxylation is 1. The summed E-state index contributed by atoms with van der Waals surface area (Å²) in [5, 5.41) is 12.5. The summed E-state index contributed by atoms with van der Waals surface area (Å²) in [6.45, 7) is 1.49. The first kappa shape index (κ1) is 22.8. The number of carbonyl (C=O) groups is 1. The van der Waals surface area contributed by atoms with Gasteiger partial charge in [0, 0.05) is 38.0 Å². The first-order valence-electron chi connectivity index (χ1n) is 11.9. The molecule has 0 radical (unpaired) electrons. The van der Waals surface area contributed by atoms with E-state index in [1.807, 2.05) is 64.1 Å². The van der Waals surface area contributed by atoms with Crippen molar-refractivity contribution in [3.8, 4) is 22.8 Å². The van der Waals surface area contributed by atoms with E-state index in [9.17, 15) is 4.79 Å². The van der Waals surface area contributed by atoms with Crippen LogP contribution in [0.3, 0.4) is 0 Å². The lowest BCUT2D eigenvalue weighted by atomic mass is 9.94. The Labute approximate surface area is 203 Å². The summed E-state index contributed by atoms with van der Waals surface area (Å²) in [6, 6.07) is 17.6. The number of hydrogen-bond donors (Lipinski definition) is 0. The average molecular weight is 473 g/mol. The molecule has 1 aliphatic heterocycles. The number of para-hydroxylation sites is 2. The maximum atomic E-state index is 13.0. The molecule has 1 fully saturated rings. The minimum atomic E-state index is 0.108. The highest BCUT2D eigenvalue weighted by molar-refractivity contribution is 5.76. The predicted octanol–water partition coefficient (Wildman–Crippen LogP) is 3.74. The van der Waals surface area contributed by atoms with E-state index in [0.717, 1.165) is 49.4 Å². The van der Waals surface area contributed by atoms with Crippen LogP contribution in [0.15, 0.2) is 65.4 Å². The summed E-state index contributed by atoms with van der Waals surface area (Å²) in [5.74, 6) is 2.97. The number of carbonyl (C=O) groups excluding carboxylic acids is 1. The van der Waals surface area contributed by atoms with Gasteiger partial charge in [0.2, 0.25) is 17.6 Å². The Morgan fingerprint density at radius 3 is 2.83 bits per heavy atom. The van der Waals surface area contributed by atoms with E-state index in [1.54, 1.807) is 13.4 Å². The highest BCUT2D eigenvalue weighted by Gasteiger charge is 2.26. The Bertz CT molecular complexity index is 1270. The number of methoxy groups -OCH3 is 1. The van der Waals surface area contributed by atoms with Gasteiger partial charge in [0.15, 0.2) is 0 Å². The first-order chi connectivity index (χ1) is 17.2. The Hall–Kier alpha value is -4.01. The zero-order valence-corrected chi connectivity index (χ0v) is 19.7. The van der Waals surface area contributed by atoms with Crippen molar-refractivity contribution in [1.29, 1.82) is 0 Å². The molecule has 1 saturated heterocycles. The molecular weight excluding hydrogens is 444 g/mol. The number of aromatic nitrogens is 5. The van der Waals surface area contributed by atoms with E-state index in [0.29, 0.717) is 36.2 Å². The fourth-order valence-corrected chi connectivity index (χ4v) is 4.59. The Balaban J connectivity index is 1.17. The number of piperidine rings is 1. The number of rotatable bonds is 8. The minimum absolute atomic E-state index is 0.108. The highest BCUT2D eigenvalue weighted by Crippen LogP contribution is 2.27. The van der Waals surface area contributed by atoms with Crippen LogP contribution in [0.25, 0.3) is 17.1 Å². The van der Waals surface area contributed by atoms with Crippen molar-refractivity contribution in [3.63, 3.8) is 0 Å². The van der Waals surface area contributed by atoms with Crippen molar-refractivity contribution in [2.75, 3.05) is 20.2 Å². The van der Waals surface area contributed by atoms with E-state index >= 15 is 0 Å². The summed E-state index contributed by atoms with van der Waals surface area (Å²) in [7, 11) is 1.61. The van der Waals surface area contributed by atoms with Gasteiger partial charge in [0.1, 0.15) is 17.9 Å². The standard InChI is InChI=1S/C26H28N6O3/c1-34-22-12-6-5-11-21(22)26-28-24(35-30-26)13-14-25(33)31-15-7-8-19(17-31)16-23-29-27-18-32(23)20-9-3-2-4-10-20/h2-6,9-12,18-19H,7-8,13-17H2,1H3. The molecule has 5 rings (SSSR count). The average Bonchev–Trinajstić information content (AvgIpc) is 3.58. The molecule has 2 aromatic heterocycles. The van der Waals surface area contributed by atoms with Crippen molar-refractivity contribution in [3.05, 3.63) is 72.6 Å². The molecule has 1 aliphatic rings. The third kappa shape index (κ3) is 5.24. The smallest absolute Gasteiger partial charge is 0.227 e. The third-order valence-corrected chi connectivity index (χ3v) is 6.36. The van der Waals surface area contributed by atoms with Gasteiger partial charge in [-0.25, -0.2) is 0 Å². The fourth-order valence-electron chi connectivity index (χ4n) is 4.59. The molecule has 2 aromatic carbocycles. The zero-order valence-electron chi connectivity index (χ0n) is 19.7. The molecule has 4 aromatic rings. The van der Waals surface area contributed by atoms with Crippen LogP contribution >= 0.6 is 0 Å². The van der Waals surface area contributed by atoms with Gasteiger partial charge in [0.05, 0.1) is 12.7 Å². The SMILES string of the molecule is COc1ccccc1-c1noc(CCC(=O)N2CCCC(Cc3nncn3-c3ccccc3)C2)n1. The van der Waals surface area contributed by atoms with E-state index in [4.69, 9.17) is 9.26 Å². The van der Waals surface area contributed by atoms with Gasteiger partial charge in [-0.1, -0.05) is 35.5 Å². The molecule has 35 heavy (non-hydrogen) atoms. The second-order valence-electron chi connectivity index (χ2n) is 8.72. The molecule has 3 heterocycles. The molecule has 0 bridgehead atoms. The molecule has 9 nitrogen and oxygen atoms in total. The van der Waals surface area contributed by atoms with Crippen molar-refractivity contribution in [2.45, 2.75) is 32.1 Å². The van der Waals surface area contributed by atoms with Crippen LogP contribution in [0.2, 0.25) is 0 Å².